The number of alkyl halides is 3. The van der Waals surface area contributed by atoms with Gasteiger partial charge in [0.1, 0.15) is 24.3 Å². The Bertz CT molecular complexity index is 1490. The zero-order valence-corrected chi connectivity index (χ0v) is 19.7. The SMILES string of the molecule is COc1cnc2c(-c3nc4cc(F)c5c(c4s3)C[C@@H](COC(=O)NCC(F)(F)F)O5)cc(C)cc2n1. The Hall–Kier alpha value is -3.74. The van der Waals surface area contributed by atoms with Gasteiger partial charge in [0.15, 0.2) is 11.6 Å². The lowest BCUT2D eigenvalue weighted by Gasteiger charge is -2.12. The van der Waals surface area contributed by atoms with Gasteiger partial charge in [-0.25, -0.2) is 24.1 Å². The van der Waals surface area contributed by atoms with E-state index in [9.17, 15) is 22.4 Å². The normalized spacial score (nSPS) is 15.1. The number of carbonyl (C=O) groups is 1. The largest absolute Gasteiger partial charge is 0.483 e. The molecule has 0 bridgehead atoms. The van der Waals surface area contributed by atoms with Gasteiger partial charge < -0.3 is 19.5 Å². The fourth-order valence-corrected chi connectivity index (χ4v) is 5.05. The molecule has 0 aliphatic carbocycles. The van der Waals surface area contributed by atoms with Crippen molar-refractivity contribution >= 4 is 38.7 Å². The first-order valence-corrected chi connectivity index (χ1v) is 11.5. The van der Waals surface area contributed by atoms with Crippen LogP contribution >= 0.6 is 11.3 Å². The van der Waals surface area contributed by atoms with E-state index in [0.717, 1.165) is 11.1 Å². The van der Waals surface area contributed by atoms with Crippen molar-refractivity contribution in [3.05, 3.63) is 41.3 Å². The van der Waals surface area contributed by atoms with Gasteiger partial charge in [-0.15, -0.1) is 11.3 Å². The Morgan fingerprint density at radius 2 is 2.06 bits per heavy atom. The van der Waals surface area contributed by atoms with Crippen molar-refractivity contribution < 1.29 is 36.6 Å². The highest BCUT2D eigenvalue weighted by Gasteiger charge is 2.32. The number of nitrogens with zero attached hydrogens (tertiary/aromatic N) is 3. The second-order valence-corrected chi connectivity index (χ2v) is 9.14. The van der Waals surface area contributed by atoms with Crippen molar-refractivity contribution in [3.63, 3.8) is 0 Å². The van der Waals surface area contributed by atoms with Crippen LogP contribution in [0.25, 0.3) is 31.8 Å². The minimum Gasteiger partial charge on any atom is -0.483 e. The molecule has 1 N–H and O–H groups in total. The molecule has 8 nitrogen and oxygen atoms in total. The smallest absolute Gasteiger partial charge is 0.407 e. The molecule has 36 heavy (non-hydrogen) atoms. The van der Waals surface area contributed by atoms with Gasteiger partial charge in [-0.2, -0.15) is 13.2 Å². The van der Waals surface area contributed by atoms with E-state index in [-0.39, 0.29) is 18.8 Å². The molecule has 188 valence electrons. The quantitative estimate of drug-likeness (QED) is 0.371. The van der Waals surface area contributed by atoms with Crippen LogP contribution in [0.5, 0.6) is 11.6 Å². The second kappa shape index (κ2) is 9.04. The minimum atomic E-state index is -4.56. The van der Waals surface area contributed by atoms with Crippen molar-refractivity contribution in [2.24, 2.45) is 0 Å². The lowest BCUT2D eigenvalue weighted by atomic mass is 10.1. The number of benzene rings is 2. The van der Waals surface area contributed by atoms with E-state index in [0.29, 0.717) is 37.7 Å². The van der Waals surface area contributed by atoms with Crippen molar-refractivity contribution in [2.45, 2.75) is 25.6 Å². The van der Waals surface area contributed by atoms with Gasteiger partial charge >= 0.3 is 12.3 Å². The number of fused-ring (bicyclic) bond motifs is 4. The van der Waals surface area contributed by atoms with Crippen molar-refractivity contribution in [1.29, 1.82) is 0 Å². The number of aryl methyl sites for hydroxylation is 1. The number of methoxy groups -OCH3 is 1. The fraction of sp³-hybridized carbons (Fsp3) is 0.304. The molecular formula is C23H18F4N4O4S. The number of nitrogens with one attached hydrogen (secondary N) is 1. The molecule has 0 fully saturated rings. The van der Waals surface area contributed by atoms with Crippen LogP contribution in [0.3, 0.4) is 0 Å². The second-order valence-electron chi connectivity index (χ2n) is 8.14. The third-order valence-electron chi connectivity index (χ3n) is 5.44. The Balaban J connectivity index is 1.42. The van der Waals surface area contributed by atoms with Gasteiger partial charge in [-0.3, -0.25) is 0 Å². The predicted molar refractivity (Wildman–Crippen MR) is 123 cm³/mol. The first-order chi connectivity index (χ1) is 17.1. The summed E-state index contributed by atoms with van der Waals surface area (Å²) in [6.45, 7) is 0.0598. The summed E-state index contributed by atoms with van der Waals surface area (Å²) in [6, 6.07) is 5.06. The van der Waals surface area contributed by atoms with Gasteiger partial charge in [0.2, 0.25) is 5.88 Å². The topological polar surface area (TPSA) is 95.5 Å². The van der Waals surface area contributed by atoms with Crippen molar-refractivity contribution in [1.82, 2.24) is 20.3 Å². The number of ether oxygens (including phenoxy) is 3. The van der Waals surface area contributed by atoms with E-state index in [1.807, 2.05) is 19.1 Å². The number of hydrogen-bond donors (Lipinski definition) is 1. The van der Waals surface area contributed by atoms with Gasteiger partial charge in [-0.1, -0.05) is 0 Å². The van der Waals surface area contributed by atoms with Crippen LogP contribution in [0.2, 0.25) is 0 Å². The molecule has 3 heterocycles. The molecule has 4 aromatic rings. The van der Waals surface area contributed by atoms with Gasteiger partial charge in [0.05, 0.1) is 34.6 Å². The Kier molecular flexibility index (Phi) is 6.02. The highest BCUT2D eigenvalue weighted by Crippen LogP contribution is 2.43. The van der Waals surface area contributed by atoms with E-state index in [4.69, 9.17) is 14.2 Å². The number of halogens is 4. The summed E-state index contributed by atoms with van der Waals surface area (Å²) in [5.41, 5.74) is 3.89. The maximum Gasteiger partial charge on any atom is 0.407 e. The molecule has 1 atom stereocenters. The van der Waals surface area contributed by atoms with Crippen molar-refractivity contribution in [2.75, 3.05) is 20.3 Å². The molecule has 13 heteroatoms. The van der Waals surface area contributed by atoms with Crippen LogP contribution in [0.15, 0.2) is 24.4 Å². The zero-order valence-electron chi connectivity index (χ0n) is 18.9. The maximum absolute atomic E-state index is 14.8. The average Bonchev–Trinajstić information content (AvgIpc) is 3.44. The summed E-state index contributed by atoms with van der Waals surface area (Å²) >= 11 is 1.33. The number of amides is 1. The predicted octanol–water partition coefficient (Wildman–Crippen LogP) is 4.95. The highest BCUT2D eigenvalue weighted by atomic mass is 32.1. The number of carbonyl (C=O) groups excluding carboxylic acids is 1. The molecular weight excluding hydrogens is 504 g/mol. The average molecular weight is 522 g/mol. The van der Waals surface area contributed by atoms with Crippen LogP contribution in [-0.2, 0) is 11.2 Å². The Labute approximate surface area is 205 Å². The van der Waals surface area contributed by atoms with E-state index < -0.39 is 30.7 Å². The summed E-state index contributed by atoms with van der Waals surface area (Å²) < 4.78 is 67.8. The summed E-state index contributed by atoms with van der Waals surface area (Å²) in [5, 5.41) is 2.22. The van der Waals surface area contributed by atoms with Crippen LogP contribution in [0.1, 0.15) is 11.1 Å². The summed E-state index contributed by atoms with van der Waals surface area (Å²) in [7, 11) is 1.50. The van der Waals surface area contributed by atoms with Gasteiger partial charge in [-0.05, 0) is 24.6 Å². The molecule has 0 unspecified atom stereocenters. The molecule has 2 aromatic carbocycles. The fourth-order valence-electron chi connectivity index (χ4n) is 3.94. The monoisotopic (exact) mass is 522 g/mol. The number of thiazole rings is 1. The van der Waals surface area contributed by atoms with Crippen LogP contribution in [0, 0.1) is 12.7 Å². The molecule has 1 amide bonds. The van der Waals surface area contributed by atoms with Crippen molar-refractivity contribution in [3.8, 4) is 22.2 Å². The molecule has 0 spiro atoms. The standard InChI is InChI=1S/C23H18F4N4O4S/c1-10-3-12(18-15(4-10)30-17(33-2)7-28-18)21-31-16-6-14(24)19-13(20(16)36-21)5-11(35-19)8-34-22(32)29-9-23(25,26)27/h3-4,6-7,11H,5,8-9H2,1-2H3,(H,29,32)/t11-/m0/s1. The first kappa shape index (κ1) is 24.0. The molecule has 2 aromatic heterocycles. The highest BCUT2D eigenvalue weighted by molar-refractivity contribution is 7.22. The Morgan fingerprint density at radius 1 is 1.25 bits per heavy atom. The lowest BCUT2D eigenvalue weighted by Crippen LogP contribution is -2.36. The van der Waals surface area contributed by atoms with Gasteiger partial charge in [0, 0.05) is 23.6 Å². The Morgan fingerprint density at radius 3 is 2.81 bits per heavy atom. The van der Waals surface area contributed by atoms with Gasteiger partial charge in [0.25, 0.3) is 0 Å². The van der Waals surface area contributed by atoms with Crippen LogP contribution in [-0.4, -0.2) is 53.6 Å². The number of hydrogen-bond acceptors (Lipinski definition) is 8. The van der Waals surface area contributed by atoms with Crippen LogP contribution in [0.4, 0.5) is 22.4 Å². The number of aromatic nitrogens is 3. The van der Waals surface area contributed by atoms with E-state index in [1.165, 1.54) is 30.7 Å². The summed E-state index contributed by atoms with van der Waals surface area (Å²) in [6.07, 6.45) is -4.83. The molecule has 0 radical (unpaired) electrons. The lowest BCUT2D eigenvalue weighted by molar-refractivity contribution is -0.123. The summed E-state index contributed by atoms with van der Waals surface area (Å²) in [4.78, 5) is 25.1. The first-order valence-electron chi connectivity index (χ1n) is 10.7. The van der Waals surface area contributed by atoms with Crippen LogP contribution < -0.4 is 14.8 Å². The molecule has 1 aliphatic heterocycles. The summed E-state index contributed by atoms with van der Waals surface area (Å²) in [5.74, 6) is -0.238. The maximum atomic E-state index is 14.8. The van der Waals surface area contributed by atoms with E-state index >= 15 is 0 Å². The minimum absolute atomic E-state index is 0.0145. The zero-order chi connectivity index (χ0) is 25.6. The molecule has 1 aliphatic rings. The van der Waals surface area contributed by atoms with E-state index in [1.54, 1.807) is 5.32 Å². The third kappa shape index (κ3) is 4.70. The van der Waals surface area contributed by atoms with E-state index in [2.05, 4.69) is 15.0 Å². The molecule has 0 saturated carbocycles. The third-order valence-corrected chi connectivity index (χ3v) is 6.60. The molecule has 0 saturated heterocycles. The molecule has 5 rings (SSSR count). The number of alkyl carbamates (subject to hydrolysis) is 1. The number of rotatable bonds is 5.